The van der Waals surface area contributed by atoms with Crippen molar-refractivity contribution >= 4 is 11.8 Å². The lowest BCUT2D eigenvalue weighted by atomic mass is 9.75. The minimum absolute atomic E-state index is 0.184. The molecule has 1 aliphatic rings. The predicted molar refractivity (Wildman–Crippen MR) is 82.6 cm³/mol. The molecule has 20 heavy (non-hydrogen) atoms. The van der Waals surface area contributed by atoms with Crippen molar-refractivity contribution in [2.45, 2.75) is 29.7 Å². The van der Waals surface area contributed by atoms with Gasteiger partial charge in [-0.15, -0.1) is 11.8 Å². The zero-order valence-electron chi connectivity index (χ0n) is 11.3. The third-order valence-electron chi connectivity index (χ3n) is 3.83. The van der Waals surface area contributed by atoms with Crippen LogP contribution >= 0.6 is 11.8 Å². The fourth-order valence-corrected chi connectivity index (χ4v) is 3.61. The van der Waals surface area contributed by atoms with E-state index in [-0.39, 0.29) is 11.9 Å². The molecule has 0 saturated heterocycles. The van der Waals surface area contributed by atoms with Gasteiger partial charge in [0.15, 0.2) is 0 Å². The van der Waals surface area contributed by atoms with Gasteiger partial charge in [0, 0.05) is 16.7 Å². The molecule has 0 amide bonds. The van der Waals surface area contributed by atoms with Crippen molar-refractivity contribution in [3.8, 4) is 0 Å². The Kier molecular flexibility index (Phi) is 4.08. The van der Waals surface area contributed by atoms with Gasteiger partial charge >= 0.3 is 0 Å². The number of nitrogens with two attached hydrogens (primary N) is 1. The maximum atomic E-state index is 12.8. The minimum atomic E-state index is -0.190. The number of hydrogen-bond donors (Lipinski definition) is 1. The van der Waals surface area contributed by atoms with Crippen LogP contribution in [0.4, 0.5) is 4.39 Å². The predicted octanol–water partition coefficient (Wildman–Crippen LogP) is 3.98. The van der Waals surface area contributed by atoms with Gasteiger partial charge < -0.3 is 5.73 Å². The first-order valence-electron chi connectivity index (χ1n) is 6.94. The third-order valence-corrected chi connectivity index (χ3v) is 5.03. The van der Waals surface area contributed by atoms with Gasteiger partial charge in [0.05, 0.1) is 0 Å². The highest BCUT2D eigenvalue weighted by molar-refractivity contribution is 7.99. The van der Waals surface area contributed by atoms with Gasteiger partial charge in [0.2, 0.25) is 0 Å². The first-order valence-corrected chi connectivity index (χ1v) is 7.92. The molecule has 1 nitrogen and oxygen atoms in total. The van der Waals surface area contributed by atoms with E-state index in [4.69, 9.17) is 5.73 Å². The topological polar surface area (TPSA) is 26.0 Å². The van der Waals surface area contributed by atoms with Gasteiger partial charge in [-0.3, -0.25) is 0 Å². The Labute approximate surface area is 123 Å². The number of hydrogen-bond acceptors (Lipinski definition) is 2. The van der Waals surface area contributed by atoms with Crippen LogP contribution < -0.4 is 5.73 Å². The first-order chi connectivity index (χ1) is 9.72. The maximum absolute atomic E-state index is 12.8. The molecule has 0 heterocycles. The lowest BCUT2D eigenvalue weighted by Gasteiger charge is -2.32. The molecule has 3 heteroatoms. The summed E-state index contributed by atoms with van der Waals surface area (Å²) >= 11 is 1.70. The number of benzene rings is 2. The average molecular weight is 287 g/mol. The Bertz CT molecular complexity index is 582. The van der Waals surface area contributed by atoms with E-state index in [9.17, 15) is 4.39 Å². The Morgan fingerprint density at radius 2 is 1.90 bits per heavy atom. The van der Waals surface area contributed by atoms with E-state index in [1.54, 1.807) is 11.8 Å². The van der Waals surface area contributed by atoms with Crippen molar-refractivity contribution in [1.82, 2.24) is 0 Å². The minimum Gasteiger partial charge on any atom is -0.327 e. The lowest BCUT2D eigenvalue weighted by molar-refractivity contribution is 0.510. The molecule has 104 valence electrons. The van der Waals surface area contributed by atoms with Gasteiger partial charge in [0.25, 0.3) is 0 Å². The Hall–Kier alpha value is -1.32. The summed E-state index contributed by atoms with van der Waals surface area (Å²) in [6.45, 7) is 0. The van der Waals surface area contributed by atoms with E-state index in [1.807, 2.05) is 12.1 Å². The van der Waals surface area contributed by atoms with Crippen molar-refractivity contribution < 1.29 is 4.39 Å². The largest absolute Gasteiger partial charge is 0.327 e. The van der Waals surface area contributed by atoms with Crippen LogP contribution in [0.1, 0.15) is 23.5 Å². The van der Waals surface area contributed by atoms with Gasteiger partial charge in [-0.2, -0.15) is 0 Å². The standard InChI is InChI=1S/C17H18FNS/c18-14-5-7-16(8-6-14)20-11-15(19)10-13-9-12-3-1-2-4-17(12)13/h1-8,13,15H,9-11,19H2. The number of thioether (sulfide) groups is 1. The lowest BCUT2D eigenvalue weighted by Crippen LogP contribution is -2.29. The molecule has 0 radical (unpaired) electrons. The molecule has 0 aromatic heterocycles. The summed E-state index contributed by atoms with van der Waals surface area (Å²) in [6.07, 6.45) is 2.19. The van der Waals surface area contributed by atoms with Gasteiger partial charge in [-0.05, 0) is 54.2 Å². The summed E-state index contributed by atoms with van der Waals surface area (Å²) in [5, 5.41) is 0. The van der Waals surface area contributed by atoms with E-state index in [0.717, 1.165) is 23.5 Å². The van der Waals surface area contributed by atoms with Crippen LogP contribution in [0, 0.1) is 5.82 Å². The van der Waals surface area contributed by atoms with E-state index in [2.05, 4.69) is 24.3 Å². The molecule has 2 aromatic carbocycles. The van der Waals surface area contributed by atoms with E-state index in [0.29, 0.717) is 5.92 Å². The van der Waals surface area contributed by atoms with Crippen LogP contribution in [0.2, 0.25) is 0 Å². The second-order valence-corrected chi connectivity index (χ2v) is 6.45. The van der Waals surface area contributed by atoms with Crippen LogP contribution in [0.25, 0.3) is 0 Å². The smallest absolute Gasteiger partial charge is 0.123 e. The SMILES string of the molecule is NC(CSc1ccc(F)cc1)CC1Cc2ccccc21. The van der Waals surface area contributed by atoms with Gasteiger partial charge in [-0.1, -0.05) is 24.3 Å². The number of rotatable bonds is 5. The molecule has 0 saturated carbocycles. The average Bonchev–Trinajstić information content (AvgIpc) is 2.44. The molecular weight excluding hydrogens is 269 g/mol. The number of fused-ring (bicyclic) bond motifs is 1. The Morgan fingerprint density at radius 3 is 2.65 bits per heavy atom. The molecule has 1 aliphatic carbocycles. The van der Waals surface area contributed by atoms with Crippen LogP contribution in [0.15, 0.2) is 53.4 Å². The zero-order chi connectivity index (χ0) is 13.9. The molecular formula is C17H18FNS. The van der Waals surface area contributed by atoms with Gasteiger partial charge in [0.1, 0.15) is 5.82 Å². The normalized spacial score (nSPS) is 18.2. The highest BCUT2D eigenvalue weighted by Crippen LogP contribution is 2.38. The van der Waals surface area contributed by atoms with Crippen molar-refractivity contribution in [3.05, 3.63) is 65.5 Å². The van der Waals surface area contributed by atoms with E-state index in [1.165, 1.54) is 23.3 Å². The quantitative estimate of drug-likeness (QED) is 0.842. The summed E-state index contributed by atoms with van der Waals surface area (Å²) in [7, 11) is 0. The van der Waals surface area contributed by atoms with Crippen molar-refractivity contribution in [2.24, 2.45) is 5.73 Å². The zero-order valence-corrected chi connectivity index (χ0v) is 12.1. The second kappa shape index (κ2) is 5.98. The summed E-state index contributed by atoms with van der Waals surface area (Å²) in [5.74, 6) is 1.31. The maximum Gasteiger partial charge on any atom is 0.123 e. The molecule has 0 spiro atoms. The van der Waals surface area contributed by atoms with Crippen molar-refractivity contribution in [1.29, 1.82) is 0 Å². The van der Waals surface area contributed by atoms with E-state index >= 15 is 0 Å². The summed E-state index contributed by atoms with van der Waals surface area (Å²) in [4.78, 5) is 1.08. The van der Waals surface area contributed by atoms with Crippen LogP contribution in [-0.4, -0.2) is 11.8 Å². The third kappa shape index (κ3) is 3.05. The Morgan fingerprint density at radius 1 is 1.15 bits per heavy atom. The molecule has 2 atom stereocenters. The second-order valence-electron chi connectivity index (χ2n) is 5.36. The van der Waals surface area contributed by atoms with E-state index < -0.39 is 0 Å². The molecule has 2 N–H and O–H groups in total. The molecule has 3 rings (SSSR count). The van der Waals surface area contributed by atoms with Crippen LogP contribution in [-0.2, 0) is 6.42 Å². The molecule has 0 aliphatic heterocycles. The van der Waals surface area contributed by atoms with Crippen molar-refractivity contribution in [3.63, 3.8) is 0 Å². The monoisotopic (exact) mass is 287 g/mol. The summed E-state index contributed by atoms with van der Waals surface area (Å²) in [5.41, 5.74) is 9.16. The van der Waals surface area contributed by atoms with Gasteiger partial charge in [-0.25, -0.2) is 4.39 Å². The Balaban J connectivity index is 1.49. The highest BCUT2D eigenvalue weighted by atomic mass is 32.2. The fourth-order valence-electron chi connectivity index (χ4n) is 2.74. The first kappa shape index (κ1) is 13.7. The molecule has 2 unspecified atom stereocenters. The molecule has 2 aromatic rings. The van der Waals surface area contributed by atoms with Crippen molar-refractivity contribution in [2.75, 3.05) is 5.75 Å². The summed E-state index contributed by atoms with van der Waals surface area (Å²) in [6, 6.07) is 15.4. The molecule has 0 fully saturated rings. The molecule has 0 bridgehead atoms. The summed E-state index contributed by atoms with van der Waals surface area (Å²) < 4.78 is 12.8. The van der Waals surface area contributed by atoms with Crippen LogP contribution in [0.5, 0.6) is 0 Å². The fraction of sp³-hybridized carbons (Fsp3) is 0.294. The van der Waals surface area contributed by atoms with Crippen LogP contribution in [0.3, 0.4) is 0 Å². The number of halogens is 1. The highest BCUT2D eigenvalue weighted by Gasteiger charge is 2.26.